The maximum Gasteiger partial charge on any atom is 0.129 e. The summed E-state index contributed by atoms with van der Waals surface area (Å²) in [6.07, 6.45) is 2.64. The fourth-order valence-electron chi connectivity index (χ4n) is 1.31. The van der Waals surface area contributed by atoms with Gasteiger partial charge < -0.3 is 0 Å². The zero-order valence-electron chi connectivity index (χ0n) is 6.94. The molecule has 0 aliphatic carbocycles. The van der Waals surface area contributed by atoms with Gasteiger partial charge in [-0.15, -0.1) is 0 Å². The van der Waals surface area contributed by atoms with E-state index in [1.54, 1.807) is 12.3 Å². The van der Waals surface area contributed by atoms with E-state index in [-0.39, 0.29) is 0 Å². The van der Waals surface area contributed by atoms with Crippen LogP contribution in [0.4, 0.5) is 5.69 Å². The zero-order chi connectivity index (χ0) is 9.26. The van der Waals surface area contributed by atoms with Crippen LogP contribution in [0.2, 0.25) is 5.15 Å². The smallest absolute Gasteiger partial charge is 0.129 e. The molecule has 2 rings (SSSR count). The topological polar surface area (TPSA) is 33.2 Å². The van der Waals surface area contributed by atoms with Gasteiger partial charge in [0.1, 0.15) is 16.1 Å². The molecule has 0 amide bonds. The SMILES string of the molecule is O=S1CCCN1c1ccc(Cl)nc1. The van der Waals surface area contributed by atoms with E-state index in [0.29, 0.717) is 5.15 Å². The monoisotopic (exact) mass is 216 g/mol. The summed E-state index contributed by atoms with van der Waals surface area (Å²) in [6, 6.07) is 3.56. The van der Waals surface area contributed by atoms with Gasteiger partial charge in [-0.2, -0.15) is 0 Å². The molecular weight excluding hydrogens is 208 g/mol. The molecule has 0 radical (unpaired) electrons. The molecule has 1 aromatic heterocycles. The molecule has 1 atom stereocenters. The normalized spacial score (nSPS) is 22.2. The molecule has 3 nitrogen and oxygen atoms in total. The number of hydrogen-bond donors (Lipinski definition) is 0. The first kappa shape index (κ1) is 8.97. The predicted octanol–water partition coefficient (Wildman–Crippen LogP) is 1.61. The molecule has 1 fully saturated rings. The second kappa shape index (κ2) is 3.64. The molecular formula is C8H9ClN2OS. The molecule has 1 aromatic rings. The number of pyridine rings is 1. The second-order valence-electron chi connectivity index (χ2n) is 2.82. The van der Waals surface area contributed by atoms with Crippen LogP contribution in [0.1, 0.15) is 6.42 Å². The first-order valence-corrected chi connectivity index (χ1v) is 5.70. The molecule has 0 saturated carbocycles. The fraction of sp³-hybridized carbons (Fsp3) is 0.375. The number of hydrogen-bond acceptors (Lipinski definition) is 2. The van der Waals surface area contributed by atoms with Crippen molar-refractivity contribution in [2.45, 2.75) is 6.42 Å². The van der Waals surface area contributed by atoms with E-state index in [2.05, 4.69) is 4.98 Å². The van der Waals surface area contributed by atoms with Gasteiger partial charge in [-0.3, -0.25) is 4.31 Å². The Bertz CT molecular complexity index is 327. The minimum absolute atomic E-state index is 0.466. The van der Waals surface area contributed by atoms with E-state index in [4.69, 9.17) is 11.6 Å². The van der Waals surface area contributed by atoms with Crippen molar-refractivity contribution in [3.8, 4) is 0 Å². The zero-order valence-corrected chi connectivity index (χ0v) is 8.51. The molecule has 1 aliphatic rings. The van der Waals surface area contributed by atoms with Gasteiger partial charge in [0.25, 0.3) is 0 Å². The van der Waals surface area contributed by atoms with Crippen LogP contribution in [0.15, 0.2) is 18.3 Å². The number of anilines is 1. The summed E-state index contributed by atoms with van der Waals surface area (Å²) < 4.78 is 13.3. The molecule has 0 aromatic carbocycles. The first-order chi connectivity index (χ1) is 6.27. The Labute approximate surface area is 84.3 Å². The highest BCUT2D eigenvalue weighted by molar-refractivity contribution is 7.86. The Balaban J connectivity index is 2.25. The molecule has 1 unspecified atom stereocenters. The summed E-state index contributed by atoms with van der Waals surface area (Å²) >= 11 is 5.65. The lowest BCUT2D eigenvalue weighted by molar-refractivity contribution is 0.685. The van der Waals surface area contributed by atoms with E-state index >= 15 is 0 Å². The van der Waals surface area contributed by atoms with E-state index < -0.39 is 11.0 Å². The summed E-state index contributed by atoms with van der Waals surface area (Å²) in [7, 11) is -0.868. The number of aromatic nitrogens is 1. The number of nitrogens with zero attached hydrogens (tertiary/aromatic N) is 2. The third kappa shape index (κ3) is 1.84. The maximum absolute atomic E-state index is 11.4. The Morgan fingerprint density at radius 1 is 1.54 bits per heavy atom. The second-order valence-corrected chi connectivity index (χ2v) is 4.70. The molecule has 0 spiro atoms. The minimum Gasteiger partial charge on any atom is -0.290 e. The van der Waals surface area contributed by atoms with Gasteiger partial charge in [-0.25, -0.2) is 9.19 Å². The third-order valence-corrected chi connectivity index (χ3v) is 3.67. The van der Waals surface area contributed by atoms with Crippen molar-refractivity contribution in [1.82, 2.24) is 4.98 Å². The average Bonchev–Trinajstić information content (AvgIpc) is 2.53. The Kier molecular flexibility index (Phi) is 2.51. The molecule has 5 heteroatoms. The van der Waals surface area contributed by atoms with E-state index in [1.165, 1.54) is 0 Å². The Morgan fingerprint density at radius 3 is 2.92 bits per heavy atom. The summed E-state index contributed by atoms with van der Waals surface area (Å²) in [5, 5.41) is 0.466. The Hall–Kier alpha value is -0.610. The van der Waals surface area contributed by atoms with Gasteiger partial charge in [0.05, 0.1) is 11.9 Å². The van der Waals surface area contributed by atoms with E-state index in [1.807, 2.05) is 10.4 Å². The fourth-order valence-corrected chi connectivity index (χ4v) is 2.69. The summed E-state index contributed by atoms with van der Waals surface area (Å²) in [5.41, 5.74) is 0.889. The van der Waals surface area contributed by atoms with Crippen LogP contribution in [-0.2, 0) is 11.0 Å². The highest BCUT2D eigenvalue weighted by Gasteiger charge is 2.20. The van der Waals surface area contributed by atoms with Crippen molar-refractivity contribution in [2.75, 3.05) is 16.6 Å². The summed E-state index contributed by atoms with van der Waals surface area (Å²) in [4.78, 5) is 3.95. The molecule has 2 heterocycles. The minimum atomic E-state index is -0.868. The molecule has 1 aliphatic heterocycles. The van der Waals surface area contributed by atoms with Crippen molar-refractivity contribution in [3.63, 3.8) is 0 Å². The van der Waals surface area contributed by atoms with Gasteiger partial charge in [-0.1, -0.05) is 11.6 Å². The van der Waals surface area contributed by atoms with Gasteiger partial charge in [-0.05, 0) is 18.6 Å². The first-order valence-electron chi connectivity index (χ1n) is 4.05. The third-order valence-electron chi connectivity index (χ3n) is 1.93. The molecule has 13 heavy (non-hydrogen) atoms. The highest BCUT2D eigenvalue weighted by atomic mass is 35.5. The molecule has 0 bridgehead atoms. The van der Waals surface area contributed by atoms with Crippen molar-refractivity contribution in [2.24, 2.45) is 0 Å². The van der Waals surface area contributed by atoms with E-state index in [9.17, 15) is 4.21 Å². The lowest BCUT2D eigenvalue weighted by Gasteiger charge is -2.14. The van der Waals surface area contributed by atoms with E-state index in [0.717, 1.165) is 24.4 Å². The lowest BCUT2D eigenvalue weighted by atomic mass is 10.4. The van der Waals surface area contributed by atoms with Crippen LogP contribution in [-0.4, -0.2) is 21.5 Å². The summed E-state index contributed by atoms with van der Waals surface area (Å²) in [6.45, 7) is 0.843. The largest absolute Gasteiger partial charge is 0.290 e. The van der Waals surface area contributed by atoms with Gasteiger partial charge in [0.2, 0.25) is 0 Å². The van der Waals surface area contributed by atoms with Gasteiger partial charge in [0, 0.05) is 12.3 Å². The van der Waals surface area contributed by atoms with Gasteiger partial charge in [0.15, 0.2) is 0 Å². The molecule has 1 saturated heterocycles. The Morgan fingerprint density at radius 2 is 2.38 bits per heavy atom. The number of rotatable bonds is 1. The highest BCUT2D eigenvalue weighted by Crippen LogP contribution is 2.21. The van der Waals surface area contributed by atoms with Crippen molar-refractivity contribution in [3.05, 3.63) is 23.5 Å². The molecule has 70 valence electrons. The van der Waals surface area contributed by atoms with Crippen LogP contribution >= 0.6 is 11.6 Å². The van der Waals surface area contributed by atoms with Crippen LogP contribution in [0.25, 0.3) is 0 Å². The van der Waals surface area contributed by atoms with Crippen LogP contribution in [0.5, 0.6) is 0 Å². The van der Waals surface area contributed by atoms with Crippen molar-refractivity contribution < 1.29 is 4.21 Å². The van der Waals surface area contributed by atoms with Gasteiger partial charge >= 0.3 is 0 Å². The maximum atomic E-state index is 11.4. The van der Waals surface area contributed by atoms with Crippen molar-refractivity contribution in [1.29, 1.82) is 0 Å². The lowest BCUT2D eigenvalue weighted by Crippen LogP contribution is -2.19. The predicted molar refractivity (Wildman–Crippen MR) is 54.2 cm³/mol. The number of halogens is 1. The molecule has 0 N–H and O–H groups in total. The average molecular weight is 217 g/mol. The van der Waals surface area contributed by atoms with Crippen molar-refractivity contribution >= 4 is 28.3 Å². The van der Waals surface area contributed by atoms with Crippen LogP contribution < -0.4 is 4.31 Å². The summed E-state index contributed by atoms with van der Waals surface area (Å²) in [5.74, 6) is 0.753. The van der Waals surface area contributed by atoms with Crippen LogP contribution in [0, 0.1) is 0 Å². The van der Waals surface area contributed by atoms with Crippen LogP contribution in [0.3, 0.4) is 0 Å². The standard InChI is InChI=1S/C8H9ClN2OS/c9-8-3-2-7(6-10-8)11-4-1-5-13(11)12/h2-3,6H,1,4-5H2. The quantitative estimate of drug-likeness (QED) is 0.669.